The number of para-hydroxylation sites is 1. The van der Waals surface area contributed by atoms with E-state index in [1.807, 2.05) is 36.1 Å². The number of carboxylic acid groups (broad SMARTS) is 1. The molecule has 0 saturated heterocycles. The van der Waals surface area contributed by atoms with Gasteiger partial charge in [0, 0.05) is 24.6 Å². The maximum atomic E-state index is 12.2. The molecule has 1 aliphatic carbocycles. The number of anilines is 1. The predicted molar refractivity (Wildman–Crippen MR) is 79.2 cm³/mol. The van der Waals surface area contributed by atoms with Crippen molar-refractivity contribution in [3.63, 3.8) is 0 Å². The molecule has 1 saturated carbocycles. The Labute approximate surface area is 123 Å². The molecule has 1 aliphatic heterocycles. The summed E-state index contributed by atoms with van der Waals surface area (Å²) in [7, 11) is 0. The topological polar surface area (TPSA) is 69.6 Å². The van der Waals surface area contributed by atoms with Gasteiger partial charge >= 0.3 is 6.09 Å². The highest BCUT2D eigenvalue weighted by atomic mass is 16.4. The average molecular weight is 288 g/mol. The van der Waals surface area contributed by atoms with Crippen molar-refractivity contribution in [1.29, 1.82) is 0 Å². The van der Waals surface area contributed by atoms with E-state index in [2.05, 4.69) is 5.32 Å². The van der Waals surface area contributed by atoms with E-state index in [-0.39, 0.29) is 23.9 Å². The van der Waals surface area contributed by atoms with Crippen LogP contribution in [0, 0.1) is 11.8 Å². The standard InChI is InChI=1S/C16H20N2O3/c1-9-14(17-16(20)21)12-5-3-4-6-13(12)18(10(2)19)15(9)11-7-8-11/h3-6,9,11,14-15,17H,7-8H2,1-2H3,(H,20,21)/t9-,14+,15-/m0/s1. The molecule has 0 unspecified atom stereocenters. The van der Waals surface area contributed by atoms with Gasteiger partial charge in [0.25, 0.3) is 0 Å². The molecule has 5 nitrogen and oxygen atoms in total. The third-order valence-electron chi connectivity index (χ3n) is 4.62. The molecule has 0 radical (unpaired) electrons. The van der Waals surface area contributed by atoms with Crippen molar-refractivity contribution in [1.82, 2.24) is 5.32 Å². The molecule has 1 aromatic carbocycles. The van der Waals surface area contributed by atoms with Gasteiger partial charge in [-0.1, -0.05) is 25.1 Å². The molecule has 21 heavy (non-hydrogen) atoms. The minimum atomic E-state index is -1.02. The smallest absolute Gasteiger partial charge is 0.405 e. The van der Waals surface area contributed by atoms with Crippen molar-refractivity contribution in [2.45, 2.75) is 38.8 Å². The molecule has 0 bridgehead atoms. The Morgan fingerprint density at radius 3 is 2.52 bits per heavy atom. The largest absolute Gasteiger partial charge is 0.465 e. The lowest BCUT2D eigenvalue weighted by molar-refractivity contribution is -0.117. The molecule has 2 amide bonds. The highest BCUT2D eigenvalue weighted by Gasteiger charge is 2.47. The number of rotatable bonds is 2. The first-order valence-electron chi connectivity index (χ1n) is 7.39. The van der Waals surface area contributed by atoms with Crippen molar-refractivity contribution >= 4 is 17.7 Å². The molecular formula is C16H20N2O3. The van der Waals surface area contributed by atoms with Crippen molar-refractivity contribution in [2.75, 3.05) is 4.90 Å². The first-order chi connectivity index (χ1) is 10.0. The maximum Gasteiger partial charge on any atom is 0.405 e. The zero-order valence-corrected chi connectivity index (χ0v) is 12.2. The van der Waals surface area contributed by atoms with E-state index in [4.69, 9.17) is 5.11 Å². The number of hydrogen-bond acceptors (Lipinski definition) is 2. The molecule has 3 atom stereocenters. The number of fused-ring (bicyclic) bond motifs is 1. The van der Waals surface area contributed by atoms with Crippen LogP contribution in [0.3, 0.4) is 0 Å². The minimum Gasteiger partial charge on any atom is -0.465 e. The molecule has 0 spiro atoms. The molecule has 3 rings (SSSR count). The summed E-state index contributed by atoms with van der Waals surface area (Å²) in [4.78, 5) is 25.2. The van der Waals surface area contributed by atoms with Gasteiger partial charge in [-0.05, 0) is 30.4 Å². The van der Waals surface area contributed by atoms with Crippen molar-refractivity contribution < 1.29 is 14.7 Å². The van der Waals surface area contributed by atoms with Gasteiger partial charge in [-0.15, -0.1) is 0 Å². The summed E-state index contributed by atoms with van der Waals surface area (Å²) in [6.07, 6.45) is 1.20. The predicted octanol–water partition coefficient (Wildman–Crippen LogP) is 2.78. The van der Waals surface area contributed by atoms with Crippen LogP contribution in [0.2, 0.25) is 0 Å². The Balaban J connectivity index is 2.09. The number of carbonyl (C=O) groups is 2. The average Bonchev–Trinajstić information content (AvgIpc) is 3.25. The van der Waals surface area contributed by atoms with E-state index < -0.39 is 6.09 Å². The van der Waals surface area contributed by atoms with Gasteiger partial charge in [0.15, 0.2) is 0 Å². The fraction of sp³-hybridized carbons (Fsp3) is 0.500. The number of hydrogen-bond donors (Lipinski definition) is 2. The summed E-state index contributed by atoms with van der Waals surface area (Å²) in [5.41, 5.74) is 1.73. The van der Waals surface area contributed by atoms with Crippen molar-refractivity contribution in [2.24, 2.45) is 11.8 Å². The van der Waals surface area contributed by atoms with Gasteiger partial charge in [0.05, 0.1) is 6.04 Å². The SMILES string of the molecule is CC(=O)N1c2ccccc2[C@H](NC(=O)O)[C@H](C)[C@H]1C1CC1. The van der Waals surface area contributed by atoms with Crippen molar-refractivity contribution in [3.05, 3.63) is 29.8 Å². The second-order valence-corrected chi connectivity index (χ2v) is 6.06. The summed E-state index contributed by atoms with van der Waals surface area (Å²) in [6.45, 7) is 3.62. The first-order valence-corrected chi connectivity index (χ1v) is 7.39. The van der Waals surface area contributed by atoms with Gasteiger partial charge in [-0.3, -0.25) is 4.79 Å². The Kier molecular flexibility index (Phi) is 3.35. The molecule has 112 valence electrons. The maximum absolute atomic E-state index is 12.2. The second kappa shape index (κ2) is 5.06. The zero-order chi connectivity index (χ0) is 15.1. The number of nitrogens with one attached hydrogen (secondary N) is 1. The van der Waals surface area contributed by atoms with Crippen LogP contribution in [0.25, 0.3) is 0 Å². The van der Waals surface area contributed by atoms with Crippen LogP contribution in [-0.4, -0.2) is 23.1 Å². The molecule has 1 aromatic rings. The lowest BCUT2D eigenvalue weighted by Crippen LogP contribution is -2.52. The molecule has 0 aromatic heterocycles. The van der Waals surface area contributed by atoms with E-state index in [1.165, 1.54) is 0 Å². The summed E-state index contributed by atoms with van der Waals surface area (Å²) in [6, 6.07) is 7.42. The van der Waals surface area contributed by atoms with Crippen LogP contribution < -0.4 is 10.2 Å². The van der Waals surface area contributed by atoms with Crippen LogP contribution in [0.5, 0.6) is 0 Å². The fourth-order valence-corrected chi connectivity index (χ4v) is 3.65. The van der Waals surface area contributed by atoms with E-state index in [9.17, 15) is 9.59 Å². The summed E-state index contributed by atoms with van der Waals surface area (Å²) in [5, 5.41) is 11.8. The monoisotopic (exact) mass is 288 g/mol. The van der Waals surface area contributed by atoms with Gasteiger partial charge in [-0.25, -0.2) is 4.79 Å². The van der Waals surface area contributed by atoms with Gasteiger partial charge in [0.2, 0.25) is 5.91 Å². The molecule has 1 fully saturated rings. The van der Waals surface area contributed by atoms with Crippen molar-refractivity contribution in [3.8, 4) is 0 Å². The third kappa shape index (κ3) is 2.37. The van der Waals surface area contributed by atoms with E-state index in [0.29, 0.717) is 5.92 Å². The molecular weight excluding hydrogens is 268 g/mol. The minimum absolute atomic E-state index is 0.0278. The highest BCUT2D eigenvalue weighted by Crippen LogP contribution is 2.48. The van der Waals surface area contributed by atoms with E-state index in [1.54, 1.807) is 6.92 Å². The van der Waals surface area contributed by atoms with Crippen LogP contribution in [0.4, 0.5) is 10.5 Å². The lowest BCUT2D eigenvalue weighted by atomic mass is 9.80. The van der Waals surface area contributed by atoms with Gasteiger partial charge < -0.3 is 15.3 Å². The van der Waals surface area contributed by atoms with Crippen LogP contribution in [0.15, 0.2) is 24.3 Å². The molecule has 1 heterocycles. The molecule has 5 heteroatoms. The van der Waals surface area contributed by atoms with E-state index in [0.717, 1.165) is 24.1 Å². The second-order valence-electron chi connectivity index (χ2n) is 6.06. The summed E-state index contributed by atoms with van der Waals surface area (Å²) >= 11 is 0. The van der Waals surface area contributed by atoms with Crippen LogP contribution >= 0.6 is 0 Å². The zero-order valence-electron chi connectivity index (χ0n) is 12.2. The number of amides is 2. The lowest BCUT2D eigenvalue weighted by Gasteiger charge is -2.45. The summed E-state index contributed by atoms with van der Waals surface area (Å²) < 4.78 is 0. The molecule has 2 aliphatic rings. The Morgan fingerprint density at radius 1 is 1.29 bits per heavy atom. The van der Waals surface area contributed by atoms with Gasteiger partial charge in [0.1, 0.15) is 0 Å². The van der Waals surface area contributed by atoms with Crippen LogP contribution in [0.1, 0.15) is 38.3 Å². The molecule has 2 N–H and O–H groups in total. The quantitative estimate of drug-likeness (QED) is 0.879. The summed E-state index contributed by atoms with van der Waals surface area (Å²) in [5.74, 6) is 0.572. The third-order valence-corrected chi connectivity index (χ3v) is 4.62. The van der Waals surface area contributed by atoms with Gasteiger partial charge in [-0.2, -0.15) is 0 Å². The van der Waals surface area contributed by atoms with Crippen LogP contribution in [-0.2, 0) is 4.79 Å². The highest BCUT2D eigenvalue weighted by molar-refractivity contribution is 5.94. The number of benzene rings is 1. The van der Waals surface area contributed by atoms with E-state index >= 15 is 0 Å². The number of nitrogens with zero attached hydrogens (tertiary/aromatic N) is 1. The Morgan fingerprint density at radius 2 is 1.95 bits per heavy atom. The fourth-order valence-electron chi connectivity index (χ4n) is 3.65. The Hall–Kier alpha value is -2.04. The first kappa shape index (κ1) is 13.9. The normalized spacial score (nSPS) is 27.9. The Bertz CT molecular complexity index is 583. The number of carbonyl (C=O) groups excluding carboxylic acids is 1.